The van der Waals surface area contributed by atoms with E-state index in [1.165, 1.54) is 6.26 Å². The molecule has 3 N–H and O–H groups in total. The molecule has 0 fully saturated rings. The SMILES string of the molecule is CC(C(Cc1ccc(Br)cc1)NN)S(C)(=O)=O. The molecule has 0 aliphatic carbocycles. The highest BCUT2D eigenvalue weighted by molar-refractivity contribution is 9.10. The van der Waals surface area contributed by atoms with Crippen LogP contribution in [0, 0.1) is 0 Å². The van der Waals surface area contributed by atoms with Gasteiger partial charge in [0.25, 0.3) is 0 Å². The van der Waals surface area contributed by atoms with E-state index in [-0.39, 0.29) is 6.04 Å². The number of hydrogen-bond acceptors (Lipinski definition) is 4. The summed E-state index contributed by atoms with van der Waals surface area (Å²) >= 11 is 3.35. The molecule has 1 aromatic rings. The maximum absolute atomic E-state index is 11.5. The lowest BCUT2D eigenvalue weighted by molar-refractivity contribution is 0.494. The third-order valence-corrected chi connectivity index (χ3v) is 5.03. The van der Waals surface area contributed by atoms with Crippen LogP contribution in [0.3, 0.4) is 0 Å². The van der Waals surface area contributed by atoms with Crippen LogP contribution in [0.1, 0.15) is 12.5 Å². The molecule has 0 spiro atoms. The minimum atomic E-state index is -3.09. The van der Waals surface area contributed by atoms with Crippen molar-refractivity contribution < 1.29 is 8.42 Å². The summed E-state index contributed by atoms with van der Waals surface area (Å²) in [5.41, 5.74) is 3.63. The molecule has 0 aromatic heterocycles. The number of nitrogens with two attached hydrogens (primary N) is 1. The summed E-state index contributed by atoms with van der Waals surface area (Å²) in [4.78, 5) is 0. The number of nitrogens with one attached hydrogen (secondary N) is 1. The third-order valence-electron chi connectivity index (χ3n) is 2.82. The number of hydrogen-bond donors (Lipinski definition) is 2. The van der Waals surface area contributed by atoms with Crippen LogP contribution in [0.2, 0.25) is 0 Å². The van der Waals surface area contributed by atoms with Crippen LogP contribution in [0.5, 0.6) is 0 Å². The highest BCUT2D eigenvalue weighted by Gasteiger charge is 2.25. The molecule has 1 rings (SSSR count). The van der Waals surface area contributed by atoms with Crippen LogP contribution in [0.4, 0.5) is 0 Å². The lowest BCUT2D eigenvalue weighted by Crippen LogP contribution is -2.47. The molecule has 0 bridgehead atoms. The van der Waals surface area contributed by atoms with E-state index in [9.17, 15) is 8.42 Å². The molecule has 2 unspecified atom stereocenters. The molecule has 0 amide bonds. The zero-order valence-corrected chi connectivity index (χ0v) is 12.3. The van der Waals surface area contributed by atoms with E-state index in [1.54, 1.807) is 6.92 Å². The fourth-order valence-electron chi connectivity index (χ4n) is 1.53. The quantitative estimate of drug-likeness (QED) is 0.633. The van der Waals surface area contributed by atoms with E-state index in [1.807, 2.05) is 24.3 Å². The van der Waals surface area contributed by atoms with Crippen LogP contribution in [-0.2, 0) is 16.3 Å². The average molecular weight is 321 g/mol. The summed E-state index contributed by atoms with van der Waals surface area (Å²) in [6, 6.07) is 7.46. The van der Waals surface area contributed by atoms with Gasteiger partial charge in [0, 0.05) is 16.8 Å². The van der Waals surface area contributed by atoms with Gasteiger partial charge in [-0.15, -0.1) is 0 Å². The summed E-state index contributed by atoms with van der Waals surface area (Å²) in [5, 5.41) is -0.517. The highest BCUT2D eigenvalue weighted by atomic mass is 79.9. The number of halogens is 1. The van der Waals surface area contributed by atoms with Gasteiger partial charge >= 0.3 is 0 Å². The Morgan fingerprint density at radius 1 is 1.35 bits per heavy atom. The lowest BCUT2D eigenvalue weighted by atomic mass is 10.0. The van der Waals surface area contributed by atoms with Gasteiger partial charge in [0.1, 0.15) is 0 Å². The van der Waals surface area contributed by atoms with Gasteiger partial charge in [-0.2, -0.15) is 0 Å². The second kappa shape index (κ2) is 5.95. The van der Waals surface area contributed by atoms with Crippen molar-refractivity contribution in [3.8, 4) is 0 Å². The van der Waals surface area contributed by atoms with Crippen LogP contribution < -0.4 is 11.3 Å². The number of benzene rings is 1. The van der Waals surface area contributed by atoms with E-state index in [0.29, 0.717) is 6.42 Å². The van der Waals surface area contributed by atoms with Crippen LogP contribution in [-0.4, -0.2) is 26.0 Å². The Labute approximate surface area is 111 Å². The Bertz CT molecular complexity index is 459. The number of hydrazine groups is 1. The molecule has 17 heavy (non-hydrogen) atoms. The van der Waals surface area contributed by atoms with Gasteiger partial charge < -0.3 is 0 Å². The molecule has 0 aliphatic rings. The summed E-state index contributed by atoms with van der Waals surface area (Å²) < 4.78 is 23.9. The second-order valence-corrected chi connectivity index (χ2v) is 7.46. The van der Waals surface area contributed by atoms with E-state index >= 15 is 0 Å². The standard InChI is InChI=1S/C11H17BrN2O2S/c1-8(17(2,15)16)11(14-13)7-9-3-5-10(12)6-4-9/h3-6,8,11,14H,7,13H2,1-2H3. The Morgan fingerprint density at radius 2 is 1.88 bits per heavy atom. The van der Waals surface area contributed by atoms with Gasteiger partial charge in [0.05, 0.1) is 5.25 Å². The topological polar surface area (TPSA) is 72.2 Å². The smallest absolute Gasteiger partial charge is 0.151 e. The van der Waals surface area contributed by atoms with E-state index in [0.717, 1.165) is 10.0 Å². The predicted molar refractivity (Wildman–Crippen MR) is 73.3 cm³/mol. The van der Waals surface area contributed by atoms with Crippen LogP contribution in [0.25, 0.3) is 0 Å². The van der Waals surface area contributed by atoms with Crippen LogP contribution >= 0.6 is 15.9 Å². The molecule has 96 valence electrons. The summed E-state index contributed by atoms with van der Waals surface area (Å²) in [7, 11) is -3.09. The molecular weight excluding hydrogens is 304 g/mol. The van der Waals surface area contributed by atoms with Crippen molar-refractivity contribution >= 4 is 25.8 Å². The van der Waals surface area contributed by atoms with Crippen molar-refractivity contribution in [2.24, 2.45) is 5.84 Å². The van der Waals surface area contributed by atoms with Gasteiger partial charge in [-0.3, -0.25) is 11.3 Å². The minimum Gasteiger partial charge on any atom is -0.271 e. The average Bonchev–Trinajstić information content (AvgIpc) is 2.26. The predicted octanol–water partition coefficient (Wildman–Crippen LogP) is 1.26. The van der Waals surface area contributed by atoms with E-state index in [2.05, 4.69) is 21.4 Å². The first-order chi connectivity index (χ1) is 7.84. The van der Waals surface area contributed by atoms with Gasteiger partial charge in [-0.25, -0.2) is 8.42 Å². The summed E-state index contributed by atoms with van der Waals surface area (Å²) in [6.45, 7) is 1.67. The Kier molecular flexibility index (Phi) is 5.12. The second-order valence-electron chi connectivity index (χ2n) is 4.14. The zero-order valence-electron chi connectivity index (χ0n) is 9.85. The number of sulfone groups is 1. The molecule has 0 aliphatic heterocycles. The highest BCUT2D eigenvalue weighted by Crippen LogP contribution is 2.14. The molecule has 6 heteroatoms. The Balaban J connectivity index is 2.80. The maximum atomic E-state index is 11.5. The molecule has 0 saturated heterocycles. The van der Waals surface area contributed by atoms with E-state index < -0.39 is 15.1 Å². The van der Waals surface area contributed by atoms with Crippen molar-refractivity contribution in [3.05, 3.63) is 34.3 Å². The van der Waals surface area contributed by atoms with Crippen molar-refractivity contribution in [2.45, 2.75) is 24.6 Å². The monoisotopic (exact) mass is 320 g/mol. The minimum absolute atomic E-state index is 0.286. The maximum Gasteiger partial charge on any atom is 0.151 e. The molecule has 0 heterocycles. The normalized spacial score (nSPS) is 15.5. The largest absolute Gasteiger partial charge is 0.271 e. The van der Waals surface area contributed by atoms with Gasteiger partial charge in [0.15, 0.2) is 9.84 Å². The first-order valence-electron chi connectivity index (χ1n) is 5.24. The zero-order chi connectivity index (χ0) is 13.1. The molecule has 4 nitrogen and oxygen atoms in total. The third kappa shape index (κ3) is 4.39. The van der Waals surface area contributed by atoms with E-state index in [4.69, 9.17) is 5.84 Å². The summed E-state index contributed by atoms with van der Waals surface area (Å²) in [5.74, 6) is 5.42. The van der Waals surface area contributed by atoms with Crippen LogP contribution in [0.15, 0.2) is 28.7 Å². The molecular formula is C11H17BrN2O2S. The van der Waals surface area contributed by atoms with Gasteiger partial charge in [-0.05, 0) is 31.0 Å². The van der Waals surface area contributed by atoms with Crippen molar-refractivity contribution in [1.82, 2.24) is 5.43 Å². The molecule has 0 radical (unpaired) electrons. The van der Waals surface area contributed by atoms with Crippen molar-refractivity contribution in [1.29, 1.82) is 0 Å². The van der Waals surface area contributed by atoms with Crippen molar-refractivity contribution in [2.75, 3.05) is 6.26 Å². The van der Waals surface area contributed by atoms with Gasteiger partial charge in [0.2, 0.25) is 0 Å². The first-order valence-corrected chi connectivity index (χ1v) is 7.99. The Morgan fingerprint density at radius 3 is 2.29 bits per heavy atom. The van der Waals surface area contributed by atoms with Crippen molar-refractivity contribution in [3.63, 3.8) is 0 Å². The summed E-state index contributed by atoms with van der Waals surface area (Å²) in [6.07, 6.45) is 1.81. The molecule has 1 aromatic carbocycles. The number of rotatable bonds is 5. The van der Waals surface area contributed by atoms with Gasteiger partial charge in [-0.1, -0.05) is 28.1 Å². The molecule has 2 atom stereocenters. The molecule has 0 saturated carbocycles. The lowest BCUT2D eigenvalue weighted by Gasteiger charge is -2.21. The first kappa shape index (κ1) is 14.6. The Hall–Kier alpha value is -0.430. The fraction of sp³-hybridized carbons (Fsp3) is 0.455. The fourth-order valence-corrected chi connectivity index (χ4v) is 2.57.